The van der Waals surface area contributed by atoms with E-state index in [4.69, 9.17) is 14.2 Å². The molecule has 1 aliphatic rings. The second kappa shape index (κ2) is 8.61. The van der Waals surface area contributed by atoms with E-state index in [9.17, 15) is 15.0 Å². The van der Waals surface area contributed by atoms with Crippen LogP contribution in [0.4, 0.5) is 5.69 Å². The van der Waals surface area contributed by atoms with Crippen LogP contribution in [0.15, 0.2) is 30.3 Å². The Hall–Kier alpha value is -2.93. The Morgan fingerprint density at radius 2 is 1.72 bits per heavy atom. The minimum absolute atomic E-state index is 0.105. The molecular formula is C22H27NO6. The van der Waals surface area contributed by atoms with Crippen LogP contribution in [0.2, 0.25) is 0 Å². The fourth-order valence-electron chi connectivity index (χ4n) is 3.96. The Labute approximate surface area is 170 Å². The molecule has 0 amide bonds. The number of nitrogens with zero attached hydrogens (tertiary/aromatic N) is 1. The van der Waals surface area contributed by atoms with Gasteiger partial charge in [-0.3, -0.25) is 4.79 Å². The van der Waals surface area contributed by atoms with Gasteiger partial charge in [-0.25, -0.2) is 0 Å². The summed E-state index contributed by atoms with van der Waals surface area (Å²) in [5.74, 6) is 0.549. The minimum Gasteiger partial charge on any atom is -0.507 e. The number of ketones is 1. The van der Waals surface area contributed by atoms with Crippen LogP contribution >= 0.6 is 0 Å². The van der Waals surface area contributed by atoms with E-state index >= 15 is 0 Å². The molecule has 2 unspecified atom stereocenters. The number of aliphatic hydroxyl groups excluding tert-OH is 1. The van der Waals surface area contributed by atoms with Crippen LogP contribution in [0, 0.1) is 0 Å². The van der Waals surface area contributed by atoms with Crippen LogP contribution in [-0.4, -0.2) is 56.5 Å². The van der Waals surface area contributed by atoms with Gasteiger partial charge in [-0.15, -0.1) is 0 Å². The van der Waals surface area contributed by atoms with E-state index in [2.05, 4.69) is 4.90 Å². The Balaban J connectivity index is 1.91. The summed E-state index contributed by atoms with van der Waals surface area (Å²) in [5, 5.41) is 21.8. The molecule has 2 N–H and O–H groups in total. The zero-order valence-electron chi connectivity index (χ0n) is 17.1. The Kier molecular flexibility index (Phi) is 6.17. The van der Waals surface area contributed by atoms with Crippen molar-refractivity contribution in [3.63, 3.8) is 0 Å². The number of aliphatic hydroxyl groups is 1. The number of anilines is 1. The number of benzene rings is 2. The zero-order valence-corrected chi connectivity index (χ0v) is 17.1. The molecule has 2 aromatic carbocycles. The highest BCUT2D eigenvalue weighted by Gasteiger charge is 2.35. The fourth-order valence-corrected chi connectivity index (χ4v) is 3.96. The highest BCUT2D eigenvalue weighted by molar-refractivity contribution is 6.00. The summed E-state index contributed by atoms with van der Waals surface area (Å²) in [7, 11) is 4.54. The highest BCUT2D eigenvalue weighted by atomic mass is 16.5. The Morgan fingerprint density at radius 1 is 1.07 bits per heavy atom. The summed E-state index contributed by atoms with van der Waals surface area (Å²) >= 11 is 0. The summed E-state index contributed by atoms with van der Waals surface area (Å²) in [5.41, 5.74) is 1.53. The van der Waals surface area contributed by atoms with Gasteiger partial charge >= 0.3 is 0 Å². The molecule has 1 saturated heterocycles. The van der Waals surface area contributed by atoms with E-state index in [-0.39, 0.29) is 28.8 Å². The molecule has 2 aromatic rings. The van der Waals surface area contributed by atoms with Crippen LogP contribution in [0.25, 0.3) is 0 Å². The number of phenols is 1. The van der Waals surface area contributed by atoms with Gasteiger partial charge in [0.1, 0.15) is 28.6 Å². The molecule has 0 saturated carbocycles. The van der Waals surface area contributed by atoms with Crippen LogP contribution in [0.5, 0.6) is 23.0 Å². The maximum atomic E-state index is 12.1. The largest absolute Gasteiger partial charge is 0.507 e. The van der Waals surface area contributed by atoms with Crippen LogP contribution in [0.1, 0.15) is 35.2 Å². The first kappa shape index (κ1) is 20.8. The van der Waals surface area contributed by atoms with Gasteiger partial charge in [-0.05, 0) is 37.6 Å². The van der Waals surface area contributed by atoms with E-state index in [1.54, 1.807) is 13.2 Å². The molecule has 7 heteroatoms. The number of β-amino-alcohol motifs (C(OH)–C–C–N with tert-alkyl or cyclic N) is 1. The van der Waals surface area contributed by atoms with Gasteiger partial charge in [0.25, 0.3) is 0 Å². The van der Waals surface area contributed by atoms with Crippen molar-refractivity contribution in [1.82, 2.24) is 0 Å². The standard InChI is InChI=1S/C22H27NO6/c1-13(24)20-18(28-3)11-19(29-4)21(22(20)26)16-9-10-23(12-17(16)25)14-5-7-15(27-2)8-6-14/h5-8,11,16-17,25-26H,9-10,12H2,1-4H3. The number of methoxy groups -OCH3 is 3. The number of carbonyl (C=O) groups is 1. The molecule has 0 spiro atoms. The van der Waals surface area contributed by atoms with E-state index in [0.717, 1.165) is 11.4 Å². The van der Waals surface area contributed by atoms with Crippen molar-refractivity contribution >= 4 is 11.5 Å². The third-order valence-corrected chi connectivity index (χ3v) is 5.45. The predicted octanol–water partition coefficient (Wildman–Crippen LogP) is 2.98. The average molecular weight is 401 g/mol. The molecule has 0 radical (unpaired) electrons. The third-order valence-electron chi connectivity index (χ3n) is 5.45. The van der Waals surface area contributed by atoms with Gasteiger partial charge < -0.3 is 29.3 Å². The number of hydrogen-bond acceptors (Lipinski definition) is 7. The lowest BCUT2D eigenvalue weighted by Gasteiger charge is -2.38. The Morgan fingerprint density at radius 3 is 2.24 bits per heavy atom. The number of Topliss-reactive ketones (excluding diaryl/α,β-unsaturated/α-hetero) is 1. The van der Waals surface area contributed by atoms with Gasteiger partial charge in [-0.2, -0.15) is 0 Å². The summed E-state index contributed by atoms with van der Waals surface area (Å²) < 4.78 is 15.9. The summed E-state index contributed by atoms with van der Waals surface area (Å²) in [6.45, 7) is 2.44. The fraction of sp³-hybridized carbons (Fsp3) is 0.409. The summed E-state index contributed by atoms with van der Waals surface area (Å²) in [6, 6.07) is 9.25. The van der Waals surface area contributed by atoms with E-state index < -0.39 is 6.10 Å². The molecule has 1 fully saturated rings. The van der Waals surface area contributed by atoms with Crippen molar-refractivity contribution < 1.29 is 29.2 Å². The van der Waals surface area contributed by atoms with Gasteiger partial charge in [0.05, 0.1) is 27.4 Å². The minimum atomic E-state index is -0.751. The molecule has 7 nitrogen and oxygen atoms in total. The lowest BCUT2D eigenvalue weighted by molar-refractivity contribution is 0.100. The first-order chi connectivity index (χ1) is 13.9. The smallest absolute Gasteiger partial charge is 0.167 e. The van der Waals surface area contributed by atoms with Crippen molar-refractivity contribution in [2.24, 2.45) is 0 Å². The first-order valence-electron chi connectivity index (χ1n) is 9.47. The lowest BCUT2D eigenvalue weighted by atomic mass is 9.84. The summed E-state index contributed by atoms with van der Waals surface area (Å²) in [6.07, 6.45) is -0.167. The number of aromatic hydroxyl groups is 1. The van der Waals surface area contributed by atoms with Crippen molar-refractivity contribution in [2.75, 3.05) is 39.3 Å². The molecular weight excluding hydrogens is 374 g/mol. The first-order valence-corrected chi connectivity index (χ1v) is 9.47. The number of hydrogen-bond donors (Lipinski definition) is 2. The predicted molar refractivity (Wildman–Crippen MR) is 110 cm³/mol. The molecule has 1 heterocycles. The van der Waals surface area contributed by atoms with Gasteiger partial charge in [-0.1, -0.05) is 0 Å². The highest BCUT2D eigenvalue weighted by Crippen LogP contribution is 2.46. The molecule has 0 bridgehead atoms. The zero-order chi connectivity index (χ0) is 21.1. The number of rotatable bonds is 6. The molecule has 0 aromatic heterocycles. The average Bonchev–Trinajstić information content (AvgIpc) is 2.73. The van der Waals surface area contributed by atoms with Crippen LogP contribution < -0.4 is 19.1 Å². The molecule has 0 aliphatic carbocycles. The second-order valence-corrected chi connectivity index (χ2v) is 7.08. The van der Waals surface area contributed by atoms with Crippen LogP contribution in [-0.2, 0) is 0 Å². The topological polar surface area (TPSA) is 88.5 Å². The van der Waals surface area contributed by atoms with Gasteiger partial charge in [0, 0.05) is 36.3 Å². The van der Waals surface area contributed by atoms with Crippen molar-refractivity contribution in [2.45, 2.75) is 25.4 Å². The second-order valence-electron chi connectivity index (χ2n) is 7.08. The third kappa shape index (κ3) is 3.96. The molecule has 1 aliphatic heterocycles. The quantitative estimate of drug-likeness (QED) is 0.720. The maximum absolute atomic E-state index is 12.1. The molecule has 2 atom stereocenters. The van der Waals surface area contributed by atoms with Gasteiger partial charge in [0.15, 0.2) is 5.78 Å². The van der Waals surface area contributed by atoms with E-state index in [0.29, 0.717) is 30.8 Å². The van der Waals surface area contributed by atoms with Crippen molar-refractivity contribution in [3.05, 3.63) is 41.5 Å². The molecule has 29 heavy (non-hydrogen) atoms. The Bertz CT molecular complexity index is 880. The van der Waals surface area contributed by atoms with E-state index in [1.807, 2.05) is 24.3 Å². The van der Waals surface area contributed by atoms with Crippen LogP contribution in [0.3, 0.4) is 0 Å². The molecule has 3 rings (SSSR count). The number of phenolic OH excluding ortho intramolecular Hbond substituents is 1. The number of ether oxygens (including phenoxy) is 3. The van der Waals surface area contributed by atoms with E-state index in [1.165, 1.54) is 21.1 Å². The SMILES string of the molecule is COc1ccc(N2CCC(c3c(OC)cc(OC)c(C(C)=O)c3O)C(O)C2)cc1. The number of carbonyl (C=O) groups excluding carboxylic acids is 1. The normalized spacial score (nSPS) is 19.0. The van der Waals surface area contributed by atoms with Gasteiger partial charge in [0.2, 0.25) is 0 Å². The maximum Gasteiger partial charge on any atom is 0.167 e. The summed E-state index contributed by atoms with van der Waals surface area (Å²) in [4.78, 5) is 14.2. The van der Waals surface area contributed by atoms with Crippen molar-refractivity contribution in [3.8, 4) is 23.0 Å². The number of piperidine rings is 1. The molecule has 156 valence electrons. The monoisotopic (exact) mass is 401 g/mol. The lowest BCUT2D eigenvalue weighted by Crippen LogP contribution is -2.43. The van der Waals surface area contributed by atoms with Crippen molar-refractivity contribution in [1.29, 1.82) is 0 Å².